The van der Waals surface area contributed by atoms with Gasteiger partial charge in [0.05, 0.1) is 0 Å². The summed E-state index contributed by atoms with van der Waals surface area (Å²) in [5.41, 5.74) is 1.38. The summed E-state index contributed by atoms with van der Waals surface area (Å²) in [7, 11) is 0. The van der Waals surface area contributed by atoms with Gasteiger partial charge < -0.3 is 0 Å². The van der Waals surface area contributed by atoms with Crippen LogP contribution in [0.2, 0.25) is 0 Å². The van der Waals surface area contributed by atoms with Gasteiger partial charge in [0.25, 0.3) is 0 Å². The summed E-state index contributed by atoms with van der Waals surface area (Å²) in [4.78, 5) is 0. The Labute approximate surface area is 75.8 Å². The first-order chi connectivity index (χ1) is 4.95. The van der Waals surface area contributed by atoms with Crippen molar-refractivity contribution >= 4 is 12.6 Å². The summed E-state index contributed by atoms with van der Waals surface area (Å²) in [5.74, 6) is 0. The maximum absolute atomic E-state index is 4.43. The molecule has 0 aliphatic heterocycles. The van der Waals surface area contributed by atoms with Crippen molar-refractivity contribution in [1.29, 1.82) is 0 Å². The fourth-order valence-electron chi connectivity index (χ4n) is 0.735. The summed E-state index contributed by atoms with van der Waals surface area (Å²) < 4.78 is 0.114. The Morgan fingerprint density at radius 3 is 2.45 bits per heavy atom. The first-order valence-corrected chi connectivity index (χ1v) is 4.39. The molecule has 0 saturated carbocycles. The van der Waals surface area contributed by atoms with Crippen LogP contribution in [-0.2, 0) is 0 Å². The molecule has 1 heteroatoms. The Morgan fingerprint density at radius 2 is 2.09 bits per heavy atom. The third-order valence-corrected chi connectivity index (χ3v) is 1.60. The van der Waals surface area contributed by atoms with Gasteiger partial charge in [-0.1, -0.05) is 31.6 Å². The minimum atomic E-state index is 0.114. The molecule has 0 fully saturated rings. The maximum Gasteiger partial charge on any atom is 0.0108 e. The van der Waals surface area contributed by atoms with Crippen molar-refractivity contribution in [2.75, 3.05) is 0 Å². The molecule has 0 nitrogen and oxygen atoms in total. The van der Waals surface area contributed by atoms with E-state index < -0.39 is 0 Å². The number of hydrogen-bond acceptors (Lipinski definition) is 1. The molecular formula is C10H18S. The van der Waals surface area contributed by atoms with Crippen molar-refractivity contribution in [3.05, 3.63) is 24.3 Å². The van der Waals surface area contributed by atoms with E-state index in [1.807, 2.05) is 6.08 Å². The predicted molar refractivity (Wildman–Crippen MR) is 56.3 cm³/mol. The maximum atomic E-state index is 4.43. The van der Waals surface area contributed by atoms with Crippen LogP contribution in [0.1, 0.15) is 33.6 Å². The van der Waals surface area contributed by atoms with E-state index in [2.05, 4.69) is 46.1 Å². The molecule has 11 heavy (non-hydrogen) atoms. The zero-order valence-electron chi connectivity index (χ0n) is 7.72. The predicted octanol–water partition coefficient (Wildman–Crippen LogP) is 3.61. The van der Waals surface area contributed by atoms with Crippen LogP contribution in [0.4, 0.5) is 0 Å². The van der Waals surface area contributed by atoms with Gasteiger partial charge in [-0.3, -0.25) is 0 Å². The quantitative estimate of drug-likeness (QED) is 0.483. The van der Waals surface area contributed by atoms with Crippen LogP contribution in [0.3, 0.4) is 0 Å². The van der Waals surface area contributed by atoms with Crippen LogP contribution in [0.5, 0.6) is 0 Å². The Balaban J connectivity index is 3.82. The molecular weight excluding hydrogens is 152 g/mol. The summed E-state index contributed by atoms with van der Waals surface area (Å²) in [6, 6.07) is 0. The molecule has 0 aromatic rings. The molecule has 0 radical (unpaired) electrons. The van der Waals surface area contributed by atoms with Crippen LogP contribution in [0, 0.1) is 0 Å². The van der Waals surface area contributed by atoms with Gasteiger partial charge in [0, 0.05) is 4.75 Å². The molecule has 0 N–H and O–H groups in total. The smallest absolute Gasteiger partial charge is 0.0108 e. The van der Waals surface area contributed by atoms with E-state index in [9.17, 15) is 0 Å². The lowest BCUT2D eigenvalue weighted by molar-refractivity contribution is 0.729. The molecule has 0 aromatic carbocycles. The largest absolute Gasteiger partial charge is 0.173 e. The number of allylic oxidation sites excluding steroid dienone is 3. The van der Waals surface area contributed by atoms with Crippen molar-refractivity contribution in [2.24, 2.45) is 0 Å². The van der Waals surface area contributed by atoms with E-state index in [1.165, 1.54) is 5.57 Å². The van der Waals surface area contributed by atoms with Crippen LogP contribution in [-0.4, -0.2) is 4.75 Å². The zero-order chi connectivity index (χ0) is 8.91. The molecule has 0 aliphatic rings. The molecule has 64 valence electrons. The molecule has 0 rings (SSSR count). The monoisotopic (exact) mass is 170 g/mol. The number of hydrogen-bond donors (Lipinski definition) is 1. The fraction of sp³-hybridized carbons (Fsp3) is 0.600. The summed E-state index contributed by atoms with van der Waals surface area (Å²) in [6.45, 7) is 10.0. The highest BCUT2D eigenvalue weighted by atomic mass is 32.1. The number of rotatable bonds is 4. The molecule has 0 unspecified atom stereocenters. The average Bonchev–Trinajstić information content (AvgIpc) is 1.83. The van der Waals surface area contributed by atoms with E-state index in [0.717, 1.165) is 12.8 Å². The molecule has 0 aromatic heterocycles. The molecule has 0 atom stereocenters. The zero-order valence-corrected chi connectivity index (χ0v) is 8.62. The first-order valence-electron chi connectivity index (χ1n) is 3.94. The molecule has 0 amide bonds. The van der Waals surface area contributed by atoms with Gasteiger partial charge in [0.2, 0.25) is 0 Å². The van der Waals surface area contributed by atoms with Crippen molar-refractivity contribution in [2.45, 2.75) is 38.4 Å². The van der Waals surface area contributed by atoms with Crippen LogP contribution < -0.4 is 0 Å². The van der Waals surface area contributed by atoms with Crippen LogP contribution in [0.25, 0.3) is 0 Å². The summed E-state index contributed by atoms with van der Waals surface area (Å²) in [6.07, 6.45) is 6.17. The lowest BCUT2D eigenvalue weighted by Crippen LogP contribution is -2.07. The molecule has 0 spiro atoms. The van der Waals surface area contributed by atoms with Crippen molar-refractivity contribution in [1.82, 2.24) is 0 Å². The molecule has 0 heterocycles. The lowest BCUT2D eigenvalue weighted by atomic mass is 10.1. The molecule has 0 saturated heterocycles. The third kappa shape index (κ3) is 7.73. The van der Waals surface area contributed by atoms with Gasteiger partial charge in [-0.05, 0) is 19.8 Å². The average molecular weight is 170 g/mol. The van der Waals surface area contributed by atoms with E-state index in [4.69, 9.17) is 0 Å². The van der Waals surface area contributed by atoms with Gasteiger partial charge in [-0.25, -0.2) is 0 Å². The SMILES string of the molecule is C=CC/C(C)=C\CC(C)(C)S. The second-order valence-electron chi connectivity index (χ2n) is 3.56. The minimum absolute atomic E-state index is 0.114. The third-order valence-electron chi connectivity index (χ3n) is 1.42. The lowest BCUT2D eigenvalue weighted by Gasteiger charge is -2.14. The second-order valence-corrected chi connectivity index (χ2v) is 4.77. The Kier molecular flexibility index (Phi) is 4.58. The van der Waals surface area contributed by atoms with E-state index in [0.29, 0.717) is 0 Å². The first kappa shape index (κ1) is 10.8. The standard InChI is InChI=1S/C10H18S/c1-5-6-9(2)7-8-10(3,4)11/h5,7,11H,1,6,8H2,2-4H3/b9-7-. The van der Waals surface area contributed by atoms with Crippen LogP contribution >= 0.6 is 12.6 Å². The van der Waals surface area contributed by atoms with Crippen molar-refractivity contribution < 1.29 is 0 Å². The van der Waals surface area contributed by atoms with Gasteiger partial charge >= 0.3 is 0 Å². The Morgan fingerprint density at radius 1 is 1.55 bits per heavy atom. The van der Waals surface area contributed by atoms with Gasteiger partial charge in [-0.15, -0.1) is 6.58 Å². The summed E-state index contributed by atoms with van der Waals surface area (Å²) >= 11 is 4.43. The van der Waals surface area contributed by atoms with Gasteiger partial charge in [0.1, 0.15) is 0 Å². The van der Waals surface area contributed by atoms with E-state index in [-0.39, 0.29) is 4.75 Å². The van der Waals surface area contributed by atoms with Gasteiger partial charge in [0.15, 0.2) is 0 Å². The Bertz CT molecular complexity index is 149. The molecule has 0 aliphatic carbocycles. The topological polar surface area (TPSA) is 0 Å². The minimum Gasteiger partial charge on any atom is -0.173 e. The summed E-state index contributed by atoms with van der Waals surface area (Å²) in [5, 5.41) is 0. The highest BCUT2D eigenvalue weighted by molar-refractivity contribution is 7.81. The van der Waals surface area contributed by atoms with Gasteiger partial charge in [-0.2, -0.15) is 12.6 Å². The highest BCUT2D eigenvalue weighted by Gasteiger charge is 2.07. The molecule has 0 bridgehead atoms. The Hall–Kier alpha value is -0.170. The van der Waals surface area contributed by atoms with E-state index in [1.54, 1.807) is 0 Å². The number of thiol groups is 1. The van der Waals surface area contributed by atoms with E-state index >= 15 is 0 Å². The normalized spacial score (nSPS) is 13.3. The van der Waals surface area contributed by atoms with Crippen molar-refractivity contribution in [3.63, 3.8) is 0 Å². The van der Waals surface area contributed by atoms with Crippen LogP contribution in [0.15, 0.2) is 24.3 Å². The second kappa shape index (κ2) is 4.66. The fourth-order valence-corrected chi connectivity index (χ4v) is 0.826. The highest BCUT2D eigenvalue weighted by Crippen LogP contribution is 2.18. The van der Waals surface area contributed by atoms with Crippen molar-refractivity contribution in [3.8, 4) is 0 Å².